The summed E-state index contributed by atoms with van der Waals surface area (Å²) in [7, 11) is 0. The fraction of sp³-hybridized carbons (Fsp3) is 0.636. The number of hydrogen-bond acceptors (Lipinski definition) is 0. The van der Waals surface area contributed by atoms with Gasteiger partial charge in [-0.3, -0.25) is 0 Å². The predicted molar refractivity (Wildman–Crippen MR) is 99.3 cm³/mol. The molecule has 0 nitrogen and oxygen atoms in total. The summed E-state index contributed by atoms with van der Waals surface area (Å²) in [6.45, 7) is 19.1. The molecule has 0 aromatic carbocycles. The molecule has 1 saturated heterocycles. The number of hydrogen-bond donors (Lipinski definition) is 0. The molecule has 1 heterocycles. The van der Waals surface area contributed by atoms with Crippen molar-refractivity contribution in [3.8, 4) is 0 Å². The molecule has 0 aromatic heterocycles. The third-order valence-electron chi connectivity index (χ3n) is 6.30. The van der Waals surface area contributed by atoms with Crippen molar-refractivity contribution in [3.05, 3.63) is 41.0 Å². The average molecular weight is 461 g/mol. The van der Waals surface area contributed by atoms with Crippen LogP contribution < -0.4 is 24.8 Å². The van der Waals surface area contributed by atoms with Crippen molar-refractivity contribution in [2.75, 3.05) is 0 Å². The molecule has 3 rings (SSSR count). The van der Waals surface area contributed by atoms with Crippen LogP contribution in [0.3, 0.4) is 0 Å². The molecule has 25 heavy (non-hydrogen) atoms. The zero-order chi connectivity index (χ0) is 17.2. The van der Waals surface area contributed by atoms with Gasteiger partial charge in [0.1, 0.15) is 0 Å². The molecule has 0 N–H and O–H groups in total. The van der Waals surface area contributed by atoms with Crippen molar-refractivity contribution < 1.29 is 45.1 Å². The van der Waals surface area contributed by atoms with Crippen LogP contribution >= 0.6 is 0 Å². The van der Waals surface area contributed by atoms with Crippen LogP contribution in [0.1, 0.15) is 68.2 Å². The topological polar surface area (TPSA) is 0 Å². The van der Waals surface area contributed by atoms with Crippen LogP contribution in [0.15, 0.2) is 41.0 Å². The first-order valence-electron chi connectivity index (χ1n) is 9.28. The van der Waals surface area contributed by atoms with Gasteiger partial charge < -0.3 is 24.8 Å². The van der Waals surface area contributed by atoms with Gasteiger partial charge in [-0.05, 0) is 0 Å². The molecule has 3 aliphatic rings. The predicted octanol–water partition coefficient (Wildman–Crippen LogP) is 1.30. The van der Waals surface area contributed by atoms with Gasteiger partial charge in [-0.1, -0.05) is 0 Å². The van der Waals surface area contributed by atoms with Gasteiger partial charge >= 0.3 is 149 Å². The van der Waals surface area contributed by atoms with Crippen LogP contribution in [0.4, 0.5) is 0 Å². The second-order valence-corrected chi connectivity index (χ2v) is 20.8. The number of rotatable bonds is 2. The molecule has 0 radical (unpaired) electrons. The normalized spacial score (nSPS) is 21.1. The average Bonchev–Trinajstić information content (AvgIpc) is 2.90. The molecule has 0 spiro atoms. The van der Waals surface area contributed by atoms with Crippen molar-refractivity contribution in [3.63, 3.8) is 0 Å². The standard InChI is InChI=1S/2C10H15.C2H4.2ClH.Zr/c2*1-8-5-6-9(7-8)10(2,3)4;1-2;;;/h2*7H,6H2,1-4H3;1-2H2;2*1H;/q;;;;;+2/p-2. The second kappa shape index (κ2) is 7.45. The van der Waals surface area contributed by atoms with Crippen molar-refractivity contribution in [2.24, 2.45) is 10.8 Å². The van der Waals surface area contributed by atoms with Gasteiger partial charge in [0.05, 0.1) is 0 Å². The van der Waals surface area contributed by atoms with Crippen LogP contribution in [0.5, 0.6) is 0 Å². The molecular weight excluding hydrogens is 426 g/mol. The van der Waals surface area contributed by atoms with Gasteiger partial charge in [0.2, 0.25) is 0 Å². The summed E-state index contributed by atoms with van der Waals surface area (Å²) in [4.78, 5) is 0. The summed E-state index contributed by atoms with van der Waals surface area (Å²) >= 11 is -2.17. The summed E-state index contributed by atoms with van der Waals surface area (Å²) in [5, 5.41) is 0. The monoisotopic (exact) mass is 458 g/mol. The minimum absolute atomic E-state index is 0. The van der Waals surface area contributed by atoms with E-state index in [0.29, 0.717) is 10.8 Å². The largest absolute Gasteiger partial charge is 1.00 e. The van der Waals surface area contributed by atoms with Crippen LogP contribution in [-0.4, -0.2) is 0 Å². The van der Waals surface area contributed by atoms with Crippen LogP contribution in [-0.2, 0) is 20.3 Å². The Morgan fingerprint density at radius 2 is 1.00 bits per heavy atom. The zero-order valence-electron chi connectivity index (χ0n) is 17.2. The second-order valence-electron chi connectivity index (χ2n) is 10.1. The van der Waals surface area contributed by atoms with Gasteiger partial charge in [0, 0.05) is 0 Å². The van der Waals surface area contributed by atoms with Crippen molar-refractivity contribution >= 4 is 0 Å². The quantitative estimate of drug-likeness (QED) is 0.583. The van der Waals surface area contributed by atoms with E-state index in [1.165, 1.54) is 12.8 Å². The Hall–Kier alpha value is 0.423. The Bertz CT molecular complexity index is 616. The van der Waals surface area contributed by atoms with E-state index in [-0.39, 0.29) is 24.8 Å². The van der Waals surface area contributed by atoms with E-state index in [1.807, 2.05) is 6.56 Å². The molecule has 1 aliphatic heterocycles. The first-order chi connectivity index (χ1) is 10.4. The first-order valence-corrected chi connectivity index (χ1v) is 15.2. The summed E-state index contributed by atoms with van der Waals surface area (Å²) in [6.07, 6.45) is 7.67. The van der Waals surface area contributed by atoms with E-state index < -0.39 is 20.3 Å². The zero-order valence-corrected chi connectivity index (χ0v) is 21.2. The van der Waals surface area contributed by atoms with Gasteiger partial charge in [-0.15, -0.1) is 0 Å². The molecule has 3 heteroatoms. The maximum absolute atomic E-state index is 2.54. The Morgan fingerprint density at radius 3 is 1.20 bits per heavy atom. The van der Waals surface area contributed by atoms with Gasteiger partial charge in [-0.25, -0.2) is 0 Å². The smallest absolute Gasteiger partial charge is 1.00 e. The Morgan fingerprint density at radius 1 is 0.680 bits per heavy atom. The van der Waals surface area contributed by atoms with Crippen LogP contribution in [0, 0.1) is 10.8 Å². The summed E-state index contributed by atoms with van der Waals surface area (Å²) in [5.41, 5.74) is 7.31. The molecule has 140 valence electrons. The Balaban J connectivity index is 0.00000156. The molecule has 0 unspecified atom stereocenters. The maximum atomic E-state index is 2.54. The summed E-state index contributed by atoms with van der Waals surface area (Å²) in [6, 6.07) is 0. The van der Waals surface area contributed by atoms with Gasteiger partial charge in [-0.2, -0.15) is 0 Å². The molecule has 2 aliphatic carbocycles. The van der Waals surface area contributed by atoms with Crippen molar-refractivity contribution in [1.29, 1.82) is 0 Å². The summed E-state index contributed by atoms with van der Waals surface area (Å²) < 4.78 is 7.04. The molecular formula is C22H34Cl2Zr. The minimum atomic E-state index is -2.17. The summed E-state index contributed by atoms with van der Waals surface area (Å²) in [5.74, 6) is 0. The molecule has 0 saturated carbocycles. The SMILES string of the molecule is CC1=[C]([Zr+2]2([C]3=C(C)C=C(C(C)(C)C)C3)[CH2][CH2]2)CC(C(C)(C)C)=C1.[Cl-].[Cl-]. The number of halogens is 2. The third kappa shape index (κ3) is 4.30. The fourth-order valence-electron chi connectivity index (χ4n) is 4.43. The van der Waals surface area contributed by atoms with E-state index in [0.717, 1.165) is 0 Å². The first kappa shape index (κ1) is 23.5. The van der Waals surface area contributed by atoms with Crippen LogP contribution in [0.2, 0.25) is 8.26 Å². The van der Waals surface area contributed by atoms with E-state index in [1.54, 1.807) is 30.5 Å². The molecule has 0 aromatic rings. The van der Waals surface area contributed by atoms with E-state index in [9.17, 15) is 0 Å². The third-order valence-corrected chi connectivity index (χ3v) is 18.5. The van der Waals surface area contributed by atoms with Gasteiger partial charge in [0.25, 0.3) is 0 Å². The Labute approximate surface area is 172 Å². The molecule has 0 bridgehead atoms. The Kier molecular flexibility index (Phi) is 6.99. The van der Waals surface area contributed by atoms with Crippen LogP contribution in [0.25, 0.3) is 0 Å². The van der Waals surface area contributed by atoms with E-state index in [4.69, 9.17) is 0 Å². The molecule has 1 fully saturated rings. The maximum Gasteiger partial charge on any atom is -1.00 e. The molecule has 0 atom stereocenters. The van der Waals surface area contributed by atoms with E-state index in [2.05, 4.69) is 67.5 Å². The number of allylic oxidation sites excluding steroid dienone is 8. The van der Waals surface area contributed by atoms with Gasteiger partial charge in [0.15, 0.2) is 0 Å². The fourth-order valence-corrected chi connectivity index (χ4v) is 19.2. The minimum Gasteiger partial charge on any atom is -1.00 e. The van der Waals surface area contributed by atoms with Crippen molar-refractivity contribution in [2.45, 2.75) is 76.5 Å². The van der Waals surface area contributed by atoms with E-state index >= 15 is 0 Å². The molecule has 0 amide bonds. The van der Waals surface area contributed by atoms with Crippen molar-refractivity contribution in [1.82, 2.24) is 0 Å².